The van der Waals surface area contributed by atoms with E-state index in [1.165, 1.54) is 23.1 Å². The molecule has 0 fully saturated rings. The van der Waals surface area contributed by atoms with Crippen LogP contribution in [-0.2, 0) is 11.2 Å². The summed E-state index contributed by atoms with van der Waals surface area (Å²) < 4.78 is 2.58. The van der Waals surface area contributed by atoms with E-state index in [1.807, 2.05) is 38.1 Å². The predicted molar refractivity (Wildman–Crippen MR) is 104 cm³/mol. The third kappa shape index (κ3) is 2.94. The van der Waals surface area contributed by atoms with Crippen LogP contribution in [-0.4, -0.2) is 25.5 Å². The minimum Gasteiger partial charge on any atom is -0.369 e. The summed E-state index contributed by atoms with van der Waals surface area (Å²) in [5, 5.41) is 6.80. The summed E-state index contributed by atoms with van der Waals surface area (Å²) >= 11 is 9.30. The van der Waals surface area contributed by atoms with E-state index in [1.54, 1.807) is 4.52 Å². The van der Waals surface area contributed by atoms with Crippen molar-refractivity contribution in [2.75, 3.05) is 0 Å². The maximum absolute atomic E-state index is 11.2. The van der Waals surface area contributed by atoms with Gasteiger partial charge in [0.15, 0.2) is 9.99 Å². The van der Waals surface area contributed by atoms with Gasteiger partial charge in [0, 0.05) is 10.3 Å². The first-order valence-corrected chi connectivity index (χ1v) is 9.81. The van der Waals surface area contributed by atoms with Gasteiger partial charge < -0.3 is 5.73 Å². The lowest BCUT2D eigenvalue weighted by Crippen LogP contribution is -2.13. The molecule has 3 aromatic heterocycles. The number of primary amides is 1. The number of rotatable bonds is 4. The Bertz CT molecular complexity index is 1170. The zero-order valence-electron chi connectivity index (χ0n) is 14.0. The molecule has 0 radical (unpaired) electrons. The molecule has 4 aromatic rings. The van der Waals surface area contributed by atoms with Crippen molar-refractivity contribution in [3.05, 3.63) is 45.6 Å². The fraction of sp³-hybridized carbons (Fsp3) is 0.176. The Labute approximate surface area is 162 Å². The molecule has 0 atom stereocenters. The Kier molecular flexibility index (Phi) is 4.34. The van der Waals surface area contributed by atoms with Crippen molar-refractivity contribution in [3.63, 3.8) is 0 Å². The van der Waals surface area contributed by atoms with Gasteiger partial charge in [-0.05, 0) is 31.7 Å². The molecule has 0 aliphatic heterocycles. The van der Waals surface area contributed by atoms with Crippen LogP contribution in [0.2, 0.25) is 5.02 Å². The number of carbonyl (C=O) groups is 1. The van der Waals surface area contributed by atoms with Gasteiger partial charge in [-0.2, -0.15) is 5.10 Å². The molecule has 0 spiro atoms. The number of para-hydroxylation sites is 1. The number of amides is 1. The van der Waals surface area contributed by atoms with Crippen molar-refractivity contribution in [3.8, 4) is 0 Å². The fourth-order valence-electron chi connectivity index (χ4n) is 2.68. The van der Waals surface area contributed by atoms with E-state index in [9.17, 15) is 4.79 Å². The average molecular weight is 404 g/mol. The lowest BCUT2D eigenvalue weighted by Gasteiger charge is -2.06. The van der Waals surface area contributed by atoms with Crippen LogP contribution in [0.5, 0.6) is 0 Å². The number of halogens is 1. The Morgan fingerprint density at radius 2 is 2.04 bits per heavy atom. The number of nitrogens with zero attached hydrogens (tertiary/aromatic N) is 4. The van der Waals surface area contributed by atoms with E-state index in [0.29, 0.717) is 10.7 Å². The second-order valence-corrected chi connectivity index (χ2v) is 8.50. The van der Waals surface area contributed by atoms with E-state index < -0.39 is 0 Å². The molecule has 0 bridgehead atoms. The summed E-state index contributed by atoms with van der Waals surface area (Å²) in [6.45, 7) is 3.74. The molecule has 132 valence electrons. The van der Waals surface area contributed by atoms with E-state index in [4.69, 9.17) is 22.3 Å². The van der Waals surface area contributed by atoms with Crippen LogP contribution in [0.3, 0.4) is 0 Å². The third-order valence-electron chi connectivity index (χ3n) is 3.93. The summed E-state index contributed by atoms with van der Waals surface area (Å²) in [5.74, 6) is -0.361. The van der Waals surface area contributed by atoms with Crippen molar-refractivity contribution in [2.45, 2.75) is 29.6 Å². The molecule has 26 heavy (non-hydrogen) atoms. The maximum atomic E-state index is 11.2. The van der Waals surface area contributed by atoms with Crippen molar-refractivity contribution in [1.29, 1.82) is 0 Å². The fourth-order valence-corrected chi connectivity index (χ4v) is 5.11. The van der Waals surface area contributed by atoms with Crippen LogP contribution in [0.4, 0.5) is 0 Å². The molecule has 0 unspecified atom stereocenters. The number of fused-ring (bicyclic) bond motifs is 3. The minimum atomic E-state index is -0.361. The number of aryl methyl sites for hydroxylation is 2. The van der Waals surface area contributed by atoms with E-state index >= 15 is 0 Å². The van der Waals surface area contributed by atoms with Gasteiger partial charge in [0.25, 0.3) is 0 Å². The topological polar surface area (TPSA) is 86.2 Å². The van der Waals surface area contributed by atoms with Crippen LogP contribution >= 0.6 is 34.7 Å². The number of carbonyl (C=O) groups excluding carboxylic acids is 1. The number of hydrogen-bond acceptors (Lipinski definition) is 6. The highest BCUT2D eigenvalue weighted by atomic mass is 35.5. The van der Waals surface area contributed by atoms with Crippen molar-refractivity contribution in [2.24, 2.45) is 5.73 Å². The number of hydrogen-bond donors (Lipinski definition) is 1. The Balaban J connectivity index is 1.85. The van der Waals surface area contributed by atoms with Crippen LogP contribution in [0, 0.1) is 13.8 Å². The molecule has 0 saturated carbocycles. The number of nitrogens with two attached hydrogens (primary N) is 1. The first kappa shape index (κ1) is 17.3. The molecule has 1 aromatic carbocycles. The minimum absolute atomic E-state index is 0.199. The monoisotopic (exact) mass is 403 g/mol. The third-order valence-corrected chi connectivity index (χ3v) is 6.59. The molecule has 2 N–H and O–H groups in total. The zero-order valence-corrected chi connectivity index (χ0v) is 16.4. The van der Waals surface area contributed by atoms with Gasteiger partial charge in [0.1, 0.15) is 10.0 Å². The number of benzene rings is 1. The van der Waals surface area contributed by atoms with Gasteiger partial charge in [-0.3, -0.25) is 4.79 Å². The molecule has 9 heteroatoms. The molecular weight excluding hydrogens is 390 g/mol. The lowest BCUT2D eigenvalue weighted by atomic mass is 10.2. The zero-order chi connectivity index (χ0) is 18.4. The van der Waals surface area contributed by atoms with Gasteiger partial charge in [0.2, 0.25) is 5.91 Å². The van der Waals surface area contributed by atoms with Gasteiger partial charge in [-0.1, -0.05) is 29.8 Å². The highest BCUT2D eigenvalue weighted by molar-refractivity contribution is 8.01. The lowest BCUT2D eigenvalue weighted by molar-refractivity contribution is -0.117. The van der Waals surface area contributed by atoms with E-state index in [2.05, 4.69) is 10.1 Å². The SMILES string of the molecule is Cc1nc(Sc2nc3c(Cl)c(C)nn3c3ccccc23)sc1CC(N)=O. The smallest absolute Gasteiger partial charge is 0.222 e. The first-order chi connectivity index (χ1) is 12.4. The Morgan fingerprint density at radius 3 is 2.81 bits per heavy atom. The summed E-state index contributed by atoms with van der Waals surface area (Å²) in [7, 11) is 0. The predicted octanol–water partition coefficient (Wildman–Crippen LogP) is 3.79. The van der Waals surface area contributed by atoms with Crippen LogP contribution < -0.4 is 5.73 Å². The second kappa shape index (κ2) is 6.53. The van der Waals surface area contributed by atoms with E-state index in [0.717, 1.165) is 36.5 Å². The summed E-state index contributed by atoms with van der Waals surface area (Å²) in [6, 6.07) is 7.91. The number of aromatic nitrogens is 4. The maximum Gasteiger partial charge on any atom is 0.222 e. The second-order valence-electron chi connectivity index (χ2n) is 5.80. The highest BCUT2D eigenvalue weighted by Gasteiger charge is 2.17. The van der Waals surface area contributed by atoms with Crippen LogP contribution in [0.25, 0.3) is 16.6 Å². The van der Waals surface area contributed by atoms with Crippen LogP contribution in [0.15, 0.2) is 33.6 Å². The molecule has 0 aliphatic carbocycles. The molecule has 0 saturated heterocycles. The molecule has 1 amide bonds. The van der Waals surface area contributed by atoms with Crippen molar-refractivity contribution >= 4 is 57.2 Å². The van der Waals surface area contributed by atoms with E-state index in [-0.39, 0.29) is 12.3 Å². The quantitative estimate of drug-likeness (QED) is 0.524. The Hall–Kier alpha value is -2.16. The Morgan fingerprint density at radius 1 is 1.27 bits per heavy atom. The first-order valence-electron chi connectivity index (χ1n) is 7.80. The molecule has 4 rings (SSSR count). The average Bonchev–Trinajstić information content (AvgIpc) is 3.08. The standard InChI is InChI=1S/C17H14ClN5OS2/c1-8-12(7-13(19)24)25-17(20-8)26-16-10-5-3-4-6-11(10)23-15(21-16)14(18)9(2)22-23/h3-6H,7H2,1-2H3,(H2,19,24). The summed E-state index contributed by atoms with van der Waals surface area (Å²) in [6.07, 6.45) is 0.199. The normalized spacial score (nSPS) is 11.5. The van der Waals surface area contributed by atoms with Gasteiger partial charge in [-0.15, -0.1) is 11.3 Å². The molecular formula is C17H14ClN5OS2. The van der Waals surface area contributed by atoms with Gasteiger partial charge >= 0.3 is 0 Å². The summed E-state index contributed by atoms with van der Waals surface area (Å²) in [5.41, 5.74) is 8.42. The molecule has 3 heterocycles. The highest BCUT2D eigenvalue weighted by Crippen LogP contribution is 2.37. The number of thiazole rings is 1. The van der Waals surface area contributed by atoms with Gasteiger partial charge in [0.05, 0.1) is 23.3 Å². The van der Waals surface area contributed by atoms with Gasteiger partial charge in [-0.25, -0.2) is 14.5 Å². The molecule has 6 nitrogen and oxygen atoms in total. The largest absolute Gasteiger partial charge is 0.369 e. The van der Waals surface area contributed by atoms with Crippen molar-refractivity contribution < 1.29 is 4.79 Å². The van der Waals surface area contributed by atoms with Crippen LogP contribution in [0.1, 0.15) is 16.3 Å². The van der Waals surface area contributed by atoms with Crippen molar-refractivity contribution in [1.82, 2.24) is 19.6 Å². The summed E-state index contributed by atoms with van der Waals surface area (Å²) in [4.78, 5) is 21.4. The molecule has 0 aliphatic rings.